The molecule has 0 aliphatic heterocycles. The van der Waals surface area contributed by atoms with E-state index in [1.54, 1.807) is 49.9 Å². The molecule has 5 aromatic rings. The Hall–Kier alpha value is -5.06. The van der Waals surface area contributed by atoms with Crippen LogP contribution in [0, 0.1) is 13.8 Å². The van der Waals surface area contributed by atoms with Crippen LogP contribution in [-0.2, 0) is 6.54 Å². The molecule has 0 radical (unpaired) electrons. The number of amides is 1. The third-order valence-corrected chi connectivity index (χ3v) is 5.11. The van der Waals surface area contributed by atoms with E-state index in [1.807, 2.05) is 31.2 Å². The molecule has 11 nitrogen and oxygen atoms in total. The molecule has 0 atom stereocenters. The third kappa shape index (κ3) is 5.36. The van der Waals surface area contributed by atoms with Crippen LogP contribution in [0.25, 0.3) is 22.6 Å². The van der Waals surface area contributed by atoms with Crippen molar-refractivity contribution in [3.63, 3.8) is 0 Å². The van der Waals surface area contributed by atoms with Gasteiger partial charge >= 0.3 is 0 Å². The van der Waals surface area contributed by atoms with E-state index in [9.17, 15) is 4.79 Å². The van der Waals surface area contributed by atoms with E-state index in [2.05, 4.69) is 45.7 Å². The van der Waals surface area contributed by atoms with Crippen LogP contribution < -0.4 is 10.6 Å². The number of carbonyl (C=O) groups excluding carboxylic acids is 1. The second-order valence-corrected chi connectivity index (χ2v) is 7.89. The van der Waals surface area contributed by atoms with Crippen molar-refractivity contribution in [1.82, 2.24) is 40.4 Å². The summed E-state index contributed by atoms with van der Waals surface area (Å²) in [4.78, 5) is 38.5. The summed E-state index contributed by atoms with van der Waals surface area (Å²) in [7, 11) is 0. The van der Waals surface area contributed by atoms with Gasteiger partial charge in [0, 0.05) is 61.1 Å². The molecule has 0 saturated heterocycles. The Morgan fingerprint density at radius 2 is 1.86 bits per heavy atom. The maximum Gasteiger partial charge on any atom is 0.270 e. The van der Waals surface area contributed by atoms with E-state index in [4.69, 9.17) is 4.52 Å². The molecule has 0 bridgehead atoms. The van der Waals surface area contributed by atoms with E-state index in [1.165, 1.54) is 0 Å². The van der Waals surface area contributed by atoms with Gasteiger partial charge in [-0.1, -0.05) is 6.07 Å². The highest BCUT2D eigenvalue weighted by Crippen LogP contribution is 2.20. The second kappa shape index (κ2) is 10.1. The van der Waals surface area contributed by atoms with Gasteiger partial charge in [-0.3, -0.25) is 19.7 Å². The molecule has 36 heavy (non-hydrogen) atoms. The van der Waals surface area contributed by atoms with Crippen molar-refractivity contribution in [2.45, 2.75) is 20.4 Å². The number of hydrogen-bond acceptors (Lipinski definition) is 10. The Labute approximate surface area is 206 Å². The van der Waals surface area contributed by atoms with Crippen molar-refractivity contribution in [2.24, 2.45) is 0 Å². The molecular weight excluding hydrogens is 458 g/mol. The lowest BCUT2D eigenvalue weighted by atomic mass is 10.1. The van der Waals surface area contributed by atoms with Gasteiger partial charge in [-0.15, -0.1) is 0 Å². The molecule has 0 aliphatic rings. The van der Waals surface area contributed by atoms with E-state index >= 15 is 0 Å². The minimum Gasteiger partial charge on any atom is -0.347 e. The predicted octanol–water partition coefficient (Wildman–Crippen LogP) is 3.67. The van der Waals surface area contributed by atoms with E-state index in [0.717, 1.165) is 22.5 Å². The van der Waals surface area contributed by atoms with Gasteiger partial charge in [0.2, 0.25) is 5.89 Å². The van der Waals surface area contributed by atoms with E-state index in [-0.39, 0.29) is 11.6 Å². The van der Waals surface area contributed by atoms with Gasteiger partial charge < -0.3 is 15.2 Å². The van der Waals surface area contributed by atoms with Crippen molar-refractivity contribution in [3.8, 4) is 22.6 Å². The first-order valence-electron chi connectivity index (χ1n) is 11.1. The zero-order valence-corrected chi connectivity index (χ0v) is 19.5. The lowest BCUT2D eigenvalue weighted by molar-refractivity contribution is 0.0946. The summed E-state index contributed by atoms with van der Waals surface area (Å²) in [5, 5.41) is 9.66. The molecule has 5 heterocycles. The standard InChI is InChI=1S/C25H21N9O2/c1-15-10-22(33-25-31-16(2)36-34-25)32-23(30-15)19-6-8-21(28-14-19)24(35)29-12-17-5-7-20(27-11-17)18-4-3-9-26-13-18/h3-11,13-14H,12H2,1-2H3,(H,29,35)(H,30,32,33,34). The van der Waals surface area contributed by atoms with Gasteiger partial charge in [0.15, 0.2) is 5.82 Å². The Balaban J connectivity index is 1.23. The van der Waals surface area contributed by atoms with Crippen LogP contribution in [0.2, 0.25) is 0 Å². The minimum absolute atomic E-state index is 0.284. The fourth-order valence-electron chi connectivity index (χ4n) is 3.37. The van der Waals surface area contributed by atoms with Crippen LogP contribution in [0.5, 0.6) is 0 Å². The number of carbonyl (C=O) groups is 1. The summed E-state index contributed by atoms with van der Waals surface area (Å²) in [5.41, 5.74) is 4.32. The molecule has 0 fully saturated rings. The van der Waals surface area contributed by atoms with Gasteiger partial charge in [-0.05, 0) is 48.0 Å². The number of rotatable bonds is 7. The molecule has 0 aliphatic carbocycles. The fourth-order valence-corrected chi connectivity index (χ4v) is 3.37. The van der Waals surface area contributed by atoms with Gasteiger partial charge in [0.1, 0.15) is 11.5 Å². The Kier molecular flexibility index (Phi) is 6.34. The summed E-state index contributed by atoms with van der Waals surface area (Å²) in [6, 6.07) is 12.8. The third-order valence-electron chi connectivity index (χ3n) is 5.11. The number of aromatic nitrogens is 7. The Morgan fingerprint density at radius 3 is 2.56 bits per heavy atom. The zero-order chi connectivity index (χ0) is 24.9. The molecule has 0 aromatic carbocycles. The highest BCUT2D eigenvalue weighted by atomic mass is 16.5. The van der Waals surface area contributed by atoms with E-state index < -0.39 is 0 Å². The van der Waals surface area contributed by atoms with Gasteiger partial charge in [-0.2, -0.15) is 4.98 Å². The quantitative estimate of drug-likeness (QED) is 0.355. The minimum atomic E-state index is -0.294. The molecule has 2 N–H and O–H groups in total. The number of aryl methyl sites for hydroxylation is 2. The van der Waals surface area contributed by atoms with Gasteiger partial charge in [-0.25, -0.2) is 9.97 Å². The molecular formula is C25H21N9O2. The summed E-state index contributed by atoms with van der Waals surface area (Å²) in [6.45, 7) is 3.88. The van der Waals surface area contributed by atoms with Crippen molar-refractivity contribution in [3.05, 3.63) is 90.1 Å². The molecule has 1 amide bonds. The molecule has 0 saturated carbocycles. The molecule has 11 heteroatoms. The molecule has 178 valence electrons. The maximum absolute atomic E-state index is 12.6. The monoisotopic (exact) mass is 479 g/mol. The molecule has 0 spiro atoms. The van der Waals surface area contributed by atoms with Crippen LogP contribution >= 0.6 is 0 Å². The smallest absolute Gasteiger partial charge is 0.270 e. The van der Waals surface area contributed by atoms with Crippen LogP contribution in [-0.4, -0.2) is 41.0 Å². The second-order valence-electron chi connectivity index (χ2n) is 7.89. The predicted molar refractivity (Wildman–Crippen MR) is 131 cm³/mol. The summed E-state index contributed by atoms with van der Waals surface area (Å²) in [6.07, 6.45) is 6.77. The van der Waals surface area contributed by atoms with Crippen molar-refractivity contribution < 1.29 is 9.32 Å². The van der Waals surface area contributed by atoms with Crippen molar-refractivity contribution in [2.75, 3.05) is 5.32 Å². The topological polar surface area (TPSA) is 144 Å². The fraction of sp³-hybridized carbons (Fsp3) is 0.120. The lowest BCUT2D eigenvalue weighted by Gasteiger charge is -2.08. The molecule has 0 unspecified atom stereocenters. The first-order valence-corrected chi connectivity index (χ1v) is 11.1. The average molecular weight is 480 g/mol. The SMILES string of the molecule is Cc1cc(Nc2noc(C)n2)nc(-c2ccc(C(=O)NCc3ccc(-c4cccnc4)nc3)nc2)n1. The number of anilines is 2. The zero-order valence-electron chi connectivity index (χ0n) is 19.5. The average Bonchev–Trinajstić information content (AvgIpc) is 3.32. The number of nitrogens with zero attached hydrogens (tertiary/aromatic N) is 7. The van der Waals surface area contributed by atoms with Crippen molar-refractivity contribution in [1.29, 1.82) is 0 Å². The summed E-state index contributed by atoms with van der Waals surface area (Å²) in [5.74, 6) is 1.43. The van der Waals surface area contributed by atoms with Crippen LogP contribution in [0.3, 0.4) is 0 Å². The first kappa shape index (κ1) is 22.7. The Morgan fingerprint density at radius 1 is 0.944 bits per heavy atom. The number of nitrogens with one attached hydrogen (secondary N) is 2. The summed E-state index contributed by atoms with van der Waals surface area (Å²) < 4.78 is 4.97. The number of hydrogen-bond donors (Lipinski definition) is 2. The van der Waals surface area contributed by atoms with Crippen molar-refractivity contribution >= 4 is 17.7 Å². The lowest BCUT2D eigenvalue weighted by Crippen LogP contribution is -2.23. The number of pyridine rings is 3. The van der Waals surface area contributed by atoms with Gasteiger partial charge in [0.05, 0.1) is 5.69 Å². The maximum atomic E-state index is 12.6. The summed E-state index contributed by atoms with van der Waals surface area (Å²) >= 11 is 0. The normalized spacial score (nSPS) is 10.7. The highest BCUT2D eigenvalue weighted by molar-refractivity contribution is 5.92. The van der Waals surface area contributed by atoms with Crippen LogP contribution in [0.4, 0.5) is 11.8 Å². The van der Waals surface area contributed by atoms with Crippen LogP contribution in [0.15, 0.2) is 71.8 Å². The highest BCUT2D eigenvalue weighted by Gasteiger charge is 2.11. The molecule has 5 aromatic heterocycles. The van der Waals surface area contributed by atoms with E-state index in [0.29, 0.717) is 35.6 Å². The largest absolute Gasteiger partial charge is 0.347 e. The first-order chi connectivity index (χ1) is 17.5. The van der Waals surface area contributed by atoms with Crippen LogP contribution in [0.1, 0.15) is 27.6 Å². The Bertz CT molecular complexity index is 1480. The van der Waals surface area contributed by atoms with Gasteiger partial charge in [0.25, 0.3) is 11.9 Å². The molecule has 5 rings (SSSR count).